The minimum atomic E-state index is -0.000970. The Morgan fingerprint density at radius 2 is 2.11 bits per heavy atom. The van der Waals surface area contributed by atoms with Crippen LogP contribution in [-0.2, 0) is 4.74 Å². The van der Waals surface area contributed by atoms with E-state index in [1.165, 1.54) is 12.0 Å². The summed E-state index contributed by atoms with van der Waals surface area (Å²) in [6, 6.07) is 11.2. The van der Waals surface area contributed by atoms with Crippen molar-refractivity contribution >= 4 is 0 Å². The topological polar surface area (TPSA) is 24.5 Å². The molecule has 1 aromatic carbocycles. The molecule has 0 saturated carbocycles. The number of rotatable bonds is 5. The third-order valence-corrected chi connectivity index (χ3v) is 4.20. The van der Waals surface area contributed by atoms with Crippen molar-refractivity contribution in [1.29, 1.82) is 0 Å². The third kappa shape index (κ3) is 3.56. The summed E-state index contributed by atoms with van der Waals surface area (Å²) in [5, 5.41) is 3.33. The van der Waals surface area contributed by atoms with Gasteiger partial charge in [0.1, 0.15) is 0 Å². The van der Waals surface area contributed by atoms with E-state index >= 15 is 0 Å². The maximum atomic E-state index is 5.71. The van der Waals surface area contributed by atoms with Crippen LogP contribution in [0.5, 0.6) is 0 Å². The van der Waals surface area contributed by atoms with E-state index in [-0.39, 0.29) is 5.60 Å². The minimum absolute atomic E-state index is 0.000970. The summed E-state index contributed by atoms with van der Waals surface area (Å²) in [6.07, 6.45) is 2.36. The molecule has 2 rings (SSSR count). The molecule has 19 heavy (non-hydrogen) atoms. The molecule has 2 unspecified atom stereocenters. The fourth-order valence-corrected chi connectivity index (χ4v) is 3.00. The summed E-state index contributed by atoms with van der Waals surface area (Å²) in [4.78, 5) is 2.55. The Labute approximate surface area is 116 Å². The first kappa shape index (κ1) is 14.5. The van der Waals surface area contributed by atoms with Crippen LogP contribution in [0.4, 0.5) is 0 Å². The van der Waals surface area contributed by atoms with Crippen molar-refractivity contribution in [3.63, 3.8) is 0 Å². The predicted molar refractivity (Wildman–Crippen MR) is 79.3 cm³/mol. The van der Waals surface area contributed by atoms with Crippen LogP contribution in [0.15, 0.2) is 30.3 Å². The molecule has 0 aromatic heterocycles. The van der Waals surface area contributed by atoms with Crippen molar-refractivity contribution in [1.82, 2.24) is 10.2 Å². The maximum Gasteiger partial charge on any atom is 0.0777 e. The molecule has 0 bridgehead atoms. The lowest BCUT2D eigenvalue weighted by Crippen LogP contribution is -2.50. The fraction of sp³-hybridized carbons (Fsp3) is 0.625. The molecule has 106 valence electrons. The van der Waals surface area contributed by atoms with Crippen LogP contribution in [0.2, 0.25) is 0 Å². The van der Waals surface area contributed by atoms with Crippen LogP contribution in [0.3, 0.4) is 0 Å². The summed E-state index contributed by atoms with van der Waals surface area (Å²) in [6.45, 7) is 5.36. The zero-order valence-electron chi connectivity index (χ0n) is 12.4. The molecule has 1 aliphatic rings. The molecule has 0 spiro atoms. The molecule has 1 N–H and O–H groups in total. The van der Waals surface area contributed by atoms with E-state index in [1.807, 2.05) is 14.2 Å². The normalized spacial score (nSPS) is 26.3. The van der Waals surface area contributed by atoms with Gasteiger partial charge >= 0.3 is 0 Å². The van der Waals surface area contributed by atoms with Crippen molar-refractivity contribution in [2.45, 2.75) is 31.4 Å². The number of methoxy groups -OCH3 is 1. The largest absolute Gasteiger partial charge is 0.377 e. The molecule has 1 aliphatic heterocycles. The van der Waals surface area contributed by atoms with E-state index in [4.69, 9.17) is 4.74 Å². The van der Waals surface area contributed by atoms with Gasteiger partial charge in [-0.15, -0.1) is 0 Å². The van der Waals surface area contributed by atoms with E-state index in [9.17, 15) is 0 Å². The van der Waals surface area contributed by atoms with E-state index in [0.29, 0.717) is 6.04 Å². The molecule has 1 fully saturated rings. The molecular weight excluding hydrogens is 236 g/mol. The van der Waals surface area contributed by atoms with Crippen LogP contribution in [0, 0.1) is 0 Å². The first-order valence-corrected chi connectivity index (χ1v) is 7.17. The highest BCUT2D eigenvalue weighted by atomic mass is 16.5. The maximum absolute atomic E-state index is 5.71. The second-order valence-electron chi connectivity index (χ2n) is 5.71. The van der Waals surface area contributed by atoms with Crippen molar-refractivity contribution in [3.8, 4) is 0 Å². The average molecular weight is 262 g/mol. The van der Waals surface area contributed by atoms with Crippen LogP contribution < -0.4 is 5.32 Å². The second-order valence-corrected chi connectivity index (χ2v) is 5.71. The molecule has 1 saturated heterocycles. The Hall–Kier alpha value is -0.900. The van der Waals surface area contributed by atoms with Gasteiger partial charge in [0, 0.05) is 26.2 Å². The van der Waals surface area contributed by atoms with Gasteiger partial charge < -0.3 is 10.1 Å². The molecule has 1 heterocycles. The van der Waals surface area contributed by atoms with Crippen molar-refractivity contribution in [2.75, 3.05) is 33.8 Å². The van der Waals surface area contributed by atoms with Gasteiger partial charge in [-0.1, -0.05) is 30.3 Å². The number of nitrogens with zero attached hydrogens (tertiary/aromatic N) is 1. The molecule has 1 aromatic rings. The Bertz CT molecular complexity index is 382. The van der Waals surface area contributed by atoms with Gasteiger partial charge in [0.2, 0.25) is 0 Å². The Morgan fingerprint density at radius 3 is 2.74 bits per heavy atom. The van der Waals surface area contributed by atoms with Crippen molar-refractivity contribution in [3.05, 3.63) is 35.9 Å². The molecule has 0 amide bonds. The van der Waals surface area contributed by atoms with E-state index in [2.05, 4.69) is 47.5 Å². The van der Waals surface area contributed by atoms with Crippen LogP contribution in [0.25, 0.3) is 0 Å². The molecule has 3 heteroatoms. The summed E-state index contributed by atoms with van der Waals surface area (Å²) < 4.78 is 5.71. The van der Waals surface area contributed by atoms with E-state index in [1.54, 1.807) is 0 Å². The smallest absolute Gasteiger partial charge is 0.0777 e. The first-order valence-electron chi connectivity index (χ1n) is 7.17. The molecule has 3 nitrogen and oxygen atoms in total. The highest BCUT2D eigenvalue weighted by Gasteiger charge is 2.34. The Balaban J connectivity index is 2.15. The van der Waals surface area contributed by atoms with Gasteiger partial charge in [-0.05, 0) is 38.9 Å². The van der Waals surface area contributed by atoms with Crippen molar-refractivity contribution in [2.24, 2.45) is 0 Å². The quantitative estimate of drug-likeness (QED) is 0.882. The zero-order chi connectivity index (χ0) is 13.7. The van der Waals surface area contributed by atoms with Gasteiger partial charge in [0.25, 0.3) is 0 Å². The van der Waals surface area contributed by atoms with Gasteiger partial charge in [-0.2, -0.15) is 0 Å². The van der Waals surface area contributed by atoms with Gasteiger partial charge in [-0.3, -0.25) is 4.90 Å². The standard InChI is InChI=1S/C16H26N2O/c1-16(19-3)10-7-11-18(13-16)15(12-17-2)14-8-5-4-6-9-14/h4-6,8-9,15,17H,7,10-13H2,1-3H3. The van der Waals surface area contributed by atoms with Gasteiger partial charge in [-0.25, -0.2) is 0 Å². The highest BCUT2D eigenvalue weighted by molar-refractivity contribution is 5.20. The SMILES string of the molecule is CNCC(c1ccccc1)N1CCCC(C)(OC)C1. The number of piperidine rings is 1. The summed E-state index contributed by atoms with van der Waals surface area (Å²) in [7, 11) is 3.86. The summed E-state index contributed by atoms with van der Waals surface area (Å²) >= 11 is 0. The van der Waals surface area contributed by atoms with Gasteiger partial charge in [0.05, 0.1) is 5.60 Å². The lowest BCUT2D eigenvalue weighted by atomic mass is 9.92. The number of hydrogen-bond acceptors (Lipinski definition) is 3. The number of ether oxygens (including phenoxy) is 1. The first-order chi connectivity index (χ1) is 9.18. The van der Waals surface area contributed by atoms with Gasteiger partial charge in [0.15, 0.2) is 0 Å². The fourth-order valence-electron chi connectivity index (χ4n) is 3.00. The second kappa shape index (κ2) is 6.51. The molecular formula is C16H26N2O. The zero-order valence-corrected chi connectivity index (χ0v) is 12.4. The Kier molecular flexibility index (Phi) is 4.97. The van der Waals surface area contributed by atoms with E-state index in [0.717, 1.165) is 26.1 Å². The number of nitrogens with one attached hydrogen (secondary N) is 1. The minimum Gasteiger partial charge on any atom is -0.377 e. The highest BCUT2D eigenvalue weighted by Crippen LogP contribution is 2.30. The number of likely N-dealkylation sites (N-methyl/N-ethyl adjacent to an activating group) is 1. The predicted octanol–water partition coefficient (Wildman–Crippen LogP) is 2.45. The monoisotopic (exact) mass is 262 g/mol. The van der Waals surface area contributed by atoms with Crippen LogP contribution >= 0.6 is 0 Å². The number of hydrogen-bond donors (Lipinski definition) is 1. The third-order valence-electron chi connectivity index (χ3n) is 4.20. The average Bonchev–Trinajstić information content (AvgIpc) is 2.46. The van der Waals surface area contributed by atoms with Crippen molar-refractivity contribution < 1.29 is 4.74 Å². The molecule has 0 aliphatic carbocycles. The lowest BCUT2D eigenvalue weighted by molar-refractivity contribution is -0.0614. The Morgan fingerprint density at radius 1 is 1.37 bits per heavy atom. The summed E-state index contributed by atoms with van der Waals surface area (Å²) in [5.74, 6) is 0. The van der Waals surface area contributed by atoms with E-state index < -0.39 is 0 Å². The molecule has 2 atom stereocenters. The number of likely N-dealkylation sites (tertiary alicyclic amines) is 1. The van der Waals surface area contributed by atoms with Crippen LogP contribution in [-0.4, -0.2) is 44.3 Å². The number of benzene rings is 1. The van der Waals surface area contributed by atoms with Crippen LogP contribution in [0.1, 0.15) is 31.4 Å². The molecule has 0 radical (unpaired) electrons. The lowest BCUT2D eigenvalue weighted by Gasteiger charge is -2.43. The summed E-state index contributed by atoms with van der Waals surface area (Å²) in [5.41, 5.74) is 1.39.